The van der Waals surface area contributed by atoms with E-state index in [0.29, 0.717) is 0 Å². The molecule has 1 saturated carbocycles. The molecule has 0 aromatic heterocycles. The van der Waals surface area contributed by atoms with E-state index in [9.17, 15) is 0 Å². The third kappa shape index (κ3) is 3.92. The third-order valence-corrected chi connectivity index (χ3v) is 5.08. The van der Waals surface area contributed by atoms with Crippen molar-refractivity contribution in [2.45, 2.75) is 43.4 Å². The van der Waals surface area contributed by atoms with Crippen molar-refractivity contribution in [3.05, 3.63) is 29.8 Å². The molecule has 100 valence electrons. The Morgan fingerprint density at radius 2 is 2.11 bits per heavy atom. The van der Waals surface area contributed by atoms with Crippen molar-refractivity contribution in [1.82, 2.24) is 0 Å². The lowest BCUT2D eigenvalue weighted by Gasteiger charge is -2.22. The maximum absolute atomic E-state index is 6.26. The molecule has 3 heteroatoms. The minimum Gasteiger partial charge on any atom is -0.497 e. The number of benzene rings is 1. The second kappa shape index (κ2) is 7.05. The van der Waals surface area contributed by atoms with Gasteiger partial charge in [-0.3, -0.25) is 0 Å². The molecule has 1 fully saturated rings. The van der Waals surface area contributed by atoms with Gasteiger partial charge in [0.15, 0.2) is 0 Å². The van der Waals surface area contributed by atoms with Gasteiger partial charge < -0.3 is 10.5 Å². The average molecular weight is 265 g/mol. The van der Waals surface area contributed by atoms with Gasteiger partial charge in [-0.05, 0) is 30.5 Å². The Bertz CT molecular complexity index is 363. The first-order valence-corrected chi connectivity index (χ1v) is 7.85. The van der Waals surface area contributed by atoms with E-state index in [2.05, 4.69) is 6.07 Å². The van der Waals surface area contributed by atoms with Crippen molar-refractivity contribution in [3.8, 4) is 5.75 Å². The summed E-state index contributed by atoms with van der Waals surface area (Å²) in [5, 5.41) is 0.829. The molecule has 2 rings (SSSR count). The second-order valence-electron chi connectivity index (χ2n) is 4.98. The van der Waals surface area contributed by atoms with Gasteiger partial charge in [0.2, 0.25) is 0 Å². The summed E-state index contributed by atoms with van der Waals surface area (Å²) < 4.78 is 5.24. The fourth-order valence-electron chi connectivity index (χ4n) is 2.44. The molecule has 1 aliphatic rings. The standard InChI is InChI=1S/C15H23NOS/c1-17-13-7-5-6-12(10-13)15(16)11-18-14-8-3-2-4-9-14/h5-7,10,14-15H,2-4,8-9,11,16H2,1H3. The zero-order chi connectivity index (χ0) is 12.8. The van der Waals surface area contributed by atoms with Gasteiger partial charge in [-0.1, -0.05) is 31.4 Å². The highest BCUT2D eigenvalue weighted by Gasteiger charge is 2.16. The minimum atomic E-state index is 0.118. The largest absolute Gasteiger partial charge is 0.497 e. The van der Waals surface area contributed by atoms with E-state index in [4.69, 9.17) is 10.5 Å². The number of hydrogen-bond donors (Lipinski definition) is 1. The number of nitrogens with two attached hydrogens (primary N) is 1. The molecule has 0 amide bonds. The molecule has 0 heterocycles. The Hall–Kier alpha value is -0.670. The first-order valence-electron chi connectivity index (χ1n) is 6.80. The maximum atomic E-state index is 6.26. The van der Waals surface area contributed by atoms with Gasteiger partial charge in [0.25, 0.3) is 0 Å². The molecular weight excluding hydrogens is 242 g/mol. The van der Waals surface area contributed by atoms with Crippen molar-refractivity contribution >= 4 is 11.8 Å². The van der Waals surface area contributed by atoms with Gasteiger partial charge in [0.05, 0.1) is 7.11 Å². The van der Waals surface area contributed by atoms with Crippen molar-refractivity contribution in [2.75, 3.05) is 12.9 Å². The van der Waals surface area contributed by atoms with Crippen LogP contribution in [0.1, 0.15) is 43.7 Å². The van der Waals surface area contributed by atoms with E-state index < -0.39 is 0 Å². The molecule has 0 radical (unpaired) electrons. The van der Waals surface area contributed by atoms with E-state index in [-0.39, 0.29) is 6.04 Å². The van der Waals surface area contributed by atoms with E-state index in [1.165, 1.54) is 37.7 Å². The van der Waals surface area contributed by atoms with Gasteiger partial charge >= 0.3 is 0 Å². The average Bonchev–Trinajstić information content (AvgIpc) is 2.46. The summed E-state index contributed by atoms with van der Waals surface area (Å²) in [5.74, 6) is 1.91. The zero-order valence-corrected chi connectivity index (χ0v) is 11.9. The molecule has 0 bridgehead atoms. The molecule has 18 heavy (non-hydrogen) atoms. The lowest BCUT2D eigenvalue weighted by Crippen LogP contribution is -2.17. The summed E-state index contributed by atoms with van der Waals surface area (Å²) in [6.45, 7) is 0. The molecule has 0 spiro atoms. The summed E-state index contributed by atoms with van der Waals surface area (Å²) in [4.78, 5) is 0. The van der Waals surface area contributed by atoms with Crippen LogP contribution in [0.5, 0.6) is 5.75 Å². The number of hydrogen-bond acceptors (Lipinski definition) is 3. The Kier molecular flexibility index (Phi) is 5.39. The number of rotatable bonds is 5. The monoisotopic (exact) mass is 265 g/mol. The van der Waals surface area contributed by atoms with Crippen LogP contribution < -0.4 is 10.5 Å². The summed E-state index contributed by atoms with van der Waals surface area (Å²) in [6, 6.07) is 8.23. The molecule has 2 N–H and O–H groups in total. The number of thioether (sulfide) groups is 1. The summed E-state index contributed by atoms with van der Waals surface area (Å²) >= 11 is 2.05. The molecule has 1 aromatic carbocycles. The quantitative estimate of drug-likeness (QED) is 0.880. The highest BCUT2D eigenvalue weighted by Crippen LogP contribution is 2.30. The topological polar surface area (TPSA) is 35.2 Å². The predicted molar refractivity (Wildman–Crippen MR) is 79.3 cm³/mol. The van der Waals surface area contributed by atoms with Gasteiger partial charge in [-0.15, -0.1) is 0 Å². The Morgan fingerprint density at radius 3 is 2.83 bits per heavy atom. The summed E-state index contributed by atoms with van der Waals surface area (Å²) in [5.41, 5.74) is 7.44. The fourth-order valence-corrected chi connectivity index (χ4v) is 3.78. The summed E-state index contributed by atoms with van der Waals surface area (Å²) in [7, 11) is 1.70. The molecule has 1 atom stereocenters. The zero-order valence-electron chi connectivity index (χ0n) is 11.1. The molecule has 1 aliphatic carbocycles. The van der Waals surface area contributed by atoms with Crippen molar-refractivity contribution in [3.63, 3.8) is 0 Å². The molecule has 2 nitrogen and oxygen atoms in total. The number of ether oxygens (including phenoxy) is 1. The van der Waals surface area contributed by atoms with Gasteiger partial charge in [-0.2, -0.15) is 11.8 Å². The van der Waals surface area contributed by atoms with Crippen LogP contribution in [0.15, 0.2) is 24.3 Å². The van der Waals surface area contributed by atoms with E-state index >= 15 is 0 Å². The predicted octanol–water partition coefficient (Wildman–Crippen LogP) is 3.76. The second-order valence-corrected chi connectivity index (χ2v) is 6.31. The lowest BCUT2D eigenvalue weighted by atomic mass is 10.0. The molecular formula is C15H23NOS. The van der Waals surface area contributed by atoms with Crippen LogP contribution in [0, 0.1) is 0 Å². The highest BCUT2D eigenvalue weighted by molar-refractivity contribution is 7.99. The van der Waals surface area contributed by atoms with Crippen LogP contribution in [-0.4, -0.2) is 18.1 Å². The van der Waals surface area contributed by atoms with Crippen molar-refractivity contribution in [2.24, 2.45) is 5.73 Å². The van der Waals surface area contributed by atoms with Crippen molar-refractivity contribution < 1.29 is 4.74 Å². The normalized spacial score (nSPS) is 18.6. The molecule has 1 aromatic rings. The van der Waals surface area contributed by atoms with Crippen LogP contribution in [0.2, 0.25) is 0 Å². The van der Waals surface area contributed by atoms with Crippen LogP contribution in [0.4, 0.5) is 0 Å². The number of methoxy groups -OCH3 is 1. The molecule has 1 unspecified atom stereocenters. The van der Waals surface area contributed by atoms with E-state index in [0.717, 1.165) is 16.8 Å². The highest BCUT2D eigenvalue weighted by atomic mass is 32.2. The fraction of sp³-hybridized carbons (Fsp3) is 0.600. The molecule has 0 aliphatic heterocycles. The summed E-state index contributed by atoms with van der Waals surface area (Å²) in [6.07, 6.45) is 6.95. The van der Waals surface area contributed by atoms with Crippen LogP contribution in [0.3, 0.4) is 0 Å². The SMILES string of the molecule is COc1cccc(C(N)CSC2CCCCC2)c1. The first kappa shape index (κ1) is 13.8. The van der Waals surface area contributed by atoms with E-state index in [1.54, 1.807) is 7.11 Å². The maximum Gasteiger partial charge on any atom is 0.119 e. The first-order chi connectivity index (χ1) is 8.79. The Morgan fingerprint density at radius 1 is 1.33 bits per heavy atom. The van der Waals surface area contributed by atoms with E-state index in [1.807, 2.05) is 30.0 Å². The Labute approximate surface area is 114 Å². The van der Waals surface area contributed by atoms with Gasteiger partial charge in [-0.25, -0.2) is 0 Å². The van der Waals surface area contributed by atoms with Crippen LogP contribution in [0.25, 0.3) is 0 Å². The molecule has 0 saturated heterocycles. The lowest BCUT2D eigenvalue weighted by molar-refractivity contribution is 0.414. The van der Waals surface area contributed by atoms with Crippen molar-refractivity contribution in [1.29, 1.82) is 0 Å². The minimum absolute atomic E-state index is 0.118. The third-order valence-electron chi connectivity index (χ3n) is 3.59. The Balaban J connectivity index is 1.84. The smallest absolute Gasteiger partial charge is 0.119 e. The van der Waals surface area contributed by atoms with Gasteiger partial charge in [0, 0.05) is 17.0 Å². The van der Waals surface area contributed by atoms with Gasteiger partial charge in [0.1, 0.15) is 5.75 Å². The van der Waals surface area contributed by atoms with Crippen LogP contribution >= 0.6 is 11.8 Å². The van der Waals surface area contributed by atoms with Crippen LogP contribution in [-0.2, 0) is 0 Å².